The van der Waals surface area contributed by atoms with Crippen LogP contribution in [-0.2, 0) is 24.0 Å². The van der Waals surface area contributed by atoms with Crippen LogP contribution in [0, 0.1) is 0 Å². The first-order valence-corrected chi connectivity index (χ1v) is 9.97. The van der Waals surface area contributed by atoms with E-state index in [1.54, 1.807) is 11.5 Å². The molecule has 0 aliphatic carbocycles. The van der Waals surface area contributed by atoms with Crippen LogP contribution in [0.2, 0.25) is 0 Å². The normalized spacial score (nSPS) is 21.2. The number of nitrogens with zero attached hydrogens (tertiary/aromatic N) is 3. The minimum Gasteiger partial charge on any atom is -0.457 e. The van der Waals surface area contributed by atoms with Gasteiger partial charge in [0.1, 0.15) is 36.5 Å². The first kappa shape index (κ1) is 19.9. The van der Waals surface area contributed by atoms with E-state index in [1.807, 2.05) is 0 Å². The van der Waals surface area contributed by atoms with Crippen molar-refractivity contribution in [2.24, 2.45) is 5.16 Å². The lowest BCUT2D eigenvalue weighted by Gasteiger charge is -2.48. The largest absolute Gasteiger partial charge is 0.457 e. The highest BCUT2D eigenvalue weighted by Gasteiger charge is 2.53. The smallest absolute Gasteiger partial charge is 0.355 e. The van der Waals surface area contributed by atoms with Gasteiger partial charge in [-0.15, -0.1) is 23.1 Å². The number of hydrogen-bond acceptors (Lipinski definition) is 10. The Bertz CT molecular complexity index is 881. The van der Waals surface area contributed by atoms with Gasteiger partial charge in [-0.2, -0.15) is 0 Å². The molecule has 1 fully saturated rings. The summed E-state index contributed by atoms with van der Waals surface area (Å²) in [5.41, 5.74) is 5.92. The van der Waals surface area contributed by atoms with Crippen LogP contribution >= 0.6 is 23.1 Å². The number of rotatable bonds is 7. The summed E-state index contributed by atoms with van der Waals surface area (Å²) < 4.78 is 5.01. The number of anilines is 1. The molecule has 148 valence electrons. The number of carbonyl (C=O) groups is 3. The molecule has 28 heavy (non-hydrogen) atoms. The number of nitrogens with one attached hydrogen (secondary N) is 1. The Morgan fingerprint density at radius 3 is 3.00 bits per heavy atom. The van der Waals surface area contributed by atoms with E-state index in [1.165, 1.54) is 29.8 Å². The summed E-state index contributed by atoms with van der Waals surface area (Å²) in [6.45, 7) is 3.53. The second-order valence-electron chi connectivity index (χ2n) is 5.55. The van der Waals surface area contributed by atoms with Crippen molar-refractivity contribution in [1.29, 1.82) is 0 Å². The van der Waals surface area contributed by atoms with Crippen LogP contribution in [0.4, 0.5) is 5.13 Å². The van der Waals surface area contributed by atoms with Crippen LogP contribution < -0.4 is 11.1 Å². The maximum atomic E-state index is 12.6. The predicted octanol–water partition coefficient (Wildman–Crippen LogP) is 0.0888. The average molecular weight is 423 g/mol. The number of aromatic nitrogens is 1. The first-order valence-electron chi connectivity index (χ1n) is 8.04. The minimum atomic E-state index is -0.813. The van der Waals surface area contributed by atoms with Gasteiger partial charge in [-0.3, -0.25) is 14.5 Å². The molecular weight excluding hydrogens is 406 g/mol. The number of ether oxygens (including phenoxy) is 1. The SMILES string of the molecule is C=CCOC(=O)C1=CCS[C@H]2C(NC(=O)C(=NOC)c3csc(N)n3)C(=O)N12. The number of thioether (sulfide) groups is 1. The molecule has 3 N–H and O–H groups in total. The molecule has 10 nitrogen and oxygen atoms in total. The van der Waals surface area contributed by atoms with E-state index >= 15 is 0 Å². The van der Waals surface area contributed by atoms with E-state index in [0.29, 0.717) is 5.75 Å². The highest BCUT2D eigenvalue weighted by atomic mass is 32.2. The fourth-order valence-corrected chi connectivity index (χ4v) is 4.38. The van der Waals surface area contributed by atoms with E-state index in [4.69, 9.17) is 15.3 Å². The highest BCUT2D eigenvalue weighted by Crippen LogP contribution is 2.37. The van der Waals surface area contributed by atoms with Gasteiger partial charge in [-0.1, -0.05) is 17.8 Å². The van der Waals surface area contributed by atoms with E-state index in [2.05, 4.69) is 22.0 Å². The Balaban J connectivity index is 1.71. The van der Waals surface area contributed by atoms with Gasteiger partial charge in [-0.05, 0) is 6.08 Å². The van der Waals surface area contributed by atoms with Crippen LogP contribution in [0.3, 0.4) is 0 Å². The average Bonchev–Trinajstić information content (AvgIpc) is 3.13. The molecule has 0 radical (unpaired) electrons. The van der Waals surface area contributed by atoms with Crippen LogP contribution in [0.25, 0.3) is 0 Å². The molecule has 1 aromatic heterocycles. The molecule has 0 spiro atoms. The van der Waals surface area contributed by atoms with Gasteiger partial charge in [-0.25, -0.2) is 9.78 Å². The highest BCUT2D eigenvalue weighted by molar-refractivity contribution is 8.00. The zero-order chi connectivity index (χ0) is 20.3. The van der Waals surface area contributed by atoms with E-state index < -0.39 is 29.2 Å². The second-order valence-corrected chi connectivity index (χ2v) is 7.59. The van der Waals surface area contributed by atoms with E-state index in [0.717, 1.165) is 11.3 Å². The number of nitrogens with two attached hydrogens (primary N) is 1. The van der Waals surface area contributed by atoms with Crippen molar-refractivity contribution < 1.29 is 24.0 Å². The molecular formula is C16H17N5O5S2. The van der Waals surface area contributed by atoms with Crippen molar-refractivity contribution >= 4 is 51.7 Å². The summed E-state index contributed by atoms with van der Waals surface area (Å²) >= 11 is 2.57. The Morgan fingerprint density at radius 1 is 1.57 bits per heavy atom. The van der Waals surface area contributed by atoms with Crippen molar-refractivity contribution in [3.8, 4) is 0 Å². The maximum Gasteiger partial charge on any atom is 0.355 e. The van der Waals surface area contributed by atoms with E-state index in [-0.39, 0.29) is 28.8 Å². The molecule has 2 aliphatic heterocycles. The molecule has 3 rings (SSSR count). The summed E-state index contributed by atoms with van der Waals surface area (Å²) in [5, 5.41) is 7.73. The third-order valence-electron chi connectivity index (χ3n) is 3.84. The number of thiazole rings is 1. The van der Waals surface area contributed by atoms with Gasteiger partial charge in [0.05, 0.1) is 0 Å². The van der Waals surface area contributed by atoms with Crippen LogP contribution in [0.5, 0.6) is 0 Å². The molecule has 1 unspecified atom stereocenters. The Labute approximate surface area is 168 Å². The zero-order valence-electron chi connectivity index (χ0n) is 14.8. The van der Waals surface area contributed by atoms with Gasteiger partial charge >= 0.3 is 5.97 Å². The molecule has 12 heteroatoms. The fourth-order valence-electron chi connectivity index (χ4n) is 2.64. The van der Waals surface area contributed by atoms with Crippen molar-refractivity contribution in [1.82, 2.24) is 15.2 Å². The predicted molar refractivity (Wildman–Crippen MR) is 104 cm³/mol. The third-order valence-corrected chi connectivity index (χ3v) is 5.69. The number of esters is 1. The van der Waals surface area contributed by atoms with Crippen LogP contribution in [-0.4, -0.2) is 64.3 Å². The number of carbonyl (C=O) groups excluding carboxylic acids is 3. The molecule has 1 saturated heterocycles. The third kappa shape index (κ3) is 3.73. The van der Waals surface area contributed by atoms with Gasteiger partial charge in [0, 0.05) is 11.1 Å². The van der Waals surface area contributed by atoms with Crippen LogP contribution in [0.15, 0.2) is 35.0 Å². The van der Waals surface area contributed by atoms with Crippen LogP contribution in [0.1, 0.15) is 5.69 Å². The summed E-state index contributed by atoms with van der Waals surface area (Å²) in [6.07, 6.45) is 3.06. The first-order chi connectivity index (χ1) is 13.5. The van der Waals surface area contributed by atoms with Crippen molar-refractivity contribution in [3.63, 3.8) is 0 Å². The number of amides is 2. The molecule has 0 bridgehead atoms. The number of β-lactam (4-membered cyclic amide) rings is 1. The molecule has 3 heterocycles. The topological polar surface area (TPSA) is 136 Å². The Hall–Kier alpha value is -2.86. The Kier molecular flexibility index (Phi) is 5.99. The summed E-state index contributed by atoms with van der Waals surface area (Å²) in [7, 11) is 1.29. The standard InChI is InChI=1S/C16H17N5O5S2/c1-3-5-26-15(24)9-4-6-27-14-11(13(23)21(9)14)19-12(22)10(20-25-2)8-7-28-16(17)18-8/h3-4,7,11,14H,1,5-6H2,2H3,(H2,17,18)(H,19,22)/t11?,14-/m0/s1. The Morgan fingerprint density at radius 2 is 2.36 bits per heavy atom. The van der Waals surface area contributed by atoms with Crippen molar-refractivity contribution in [3.05, 3.63) is 35.5 Å². The van der Waals surface area contributed by atoms with Gasteiger partial charge in [0.25, 0.3) is 11.8 Å². The van der Waals surface area contributed by atoms with Gasteiger partial charge in [0.2, 0.25) is 0 Å². The minimum absolute atomic E-state index is 0.0454. The number of oxime groups is 1. The second kappa shape index (κ2) is 8.44. The maximum absolute atomic E-state index is 12.6. The van der Waals surface area contributed by atoms with Crippen molar-refractivity contribution in [2.45, 2.75) is 11.4 Å². The quantitative estimate of drug-likeness (QED) is 0.207. The zero-order valence-corrected chi connectivity index (χ0v) is 16.4. The molecule has 1 aromatic rings. The van der Waals surface area contributed by atoms with Gasteiger partial charge in [0.15, 0.2) is 10.8 Å². The molecule has 2 aliphatic rings. The fraction of sp³-hybridized carbons (Fsp3) is 0.312. The molecule has 2 atom stereocenters. The summed E-state index contributed by atoms with van der Waals surface area (Å²) in [4.78, 5) is 47.4. The lowest BCUT2D eigenvalue weighted by atomic mass is 10.0. The van der Waals surface area contributed by atoms with Crippen molar-refractivity contribution in [2.75, 3.05) is 25.2 Å². The summed E-state index contributed by atoms with van der Waals surface area (Å²) in [6, 6.07) is -0.813. The lowest BCUT2D eigenvalue weighted by molar-refractivity contribution is -0.151. The molecule has 2 amide bonds. The molecule has 0 aromatic carbocycles. The summed E-state index contributed by atoms with van der Waals surface area (Å²) in [5.74, 6) is -1.15. The van der Waals surface area contributed by atoms with Gasteiger partial charge < -0.3 is 20.6 Å². The number of fused-ring (bicyclic) bond motifs is 1. The monoisotopic (exact) mass is 423 g/mol. The lowest BCUT2D eigenvalue weighted by Crippen LogP contribution is -2.70. The number of hydrogen-bond donors (Lipinski definition) is 2. The molecule has 0 saturated carbocycles. The number of nitrogen functional groups attached to an aromatic ring is 1. The van der Waals surface area contributed by atoms with E-state index in [9.17, 15) is 14.4 Å².